The number of carboxylic acids is 1. The number of halogens is 1. The molecule has 0 saturated heterocycles. The van der Waals surface area contributed by atoms with Crippen LogP contribution in [0.5, 0.6) is 11.5 Å². The number of hydrogen-bond donors (Lipinski definition) is 1. The number of rotatable bonds is 12. The van der Waals surface area contributed by atoms with E-state index in [1.807, 2.05) is 87.5 Å². The van der Waals surface area contributed by atoms with Crippen LogP contribution < -0.4 is 9.47 Å². The highest BCUT2D eigenvalue weighted by atomic mass is 35.5. The molecule has 3 aliphatic rings. The molecule has 1 fully saturated rings. The lowest BCUT2D eigenvalue weighted by molar-refractivity contribution is -0.137. The van der Waals surface area contributed by atoms with E-state index in [0.717, 1.165) is 69.2 Å². The maximum Gasteiger partial charge on any atom is 0.304 e. The molecule has 5 heterocycles. The number of Topliss-reactive ketones (excluding diaryl/α,β-unsaturated/α-hetero) is 1. The number of aliphatic imine (C=N–C) groups is 1. The molecule has 7 aromatic rings. The second-order valence-electron chi connectivity index (χ2n) is 19.2. The summed E-state index contributed by atoms with van der Waals surface area (Å²) in [7, 11) is -0.757. The molecular weight excluding hydrogens is 960 g/mol. The molecule has 4 aromatic carbocycles. The molecule has 1 saturated carbocycles. The van der Waals surface area contributed by atoms with Crippen molar-refractivity contribution in [1.29, 1.82) is 0 Å². The summed E-state index contributed by atoms with van der Waals surface area (Å²) >= 11 is 8.00. The van der Waals surface area contributed by atoms with E-state index in [0.29, 0.717) is 50.9 Å². The number of ether oxygens (including phenoxy) is 2. The van der Waals surface area contributed by atoms with E-state index in [4.69, 9.17) is 26.1 Å². The number of ketones is 1. The number of nitrogens with zero attached hydrogens (tertiary/aromatic N) is 8. The molecule has 3 aromatic heterocycles. The van der Waals surface area contributed by atoms with Gasteiger partial charge in [0.25, 0.3) is 0 Å². The van der Waals surface area contributed by atoms with Gasteiger partial charge in [-0.3, -0.25) is 19.1 Å². The maximum absolute atomic E-state index is 14.7. The number of carbonyl (C=O) groups is 2. The van der Waals surface area contributed by atoms with Gasteiger partial charge in [0.05, 0.1) is 25.8 Å². The van der Waals surface area contributed by atoms with Gasteiger partial charge in [-0.15, -0.1) is 26.6 Å². The van der Waals surface area contributed by atoms with Crippen molar-refractivity contribution < 1.29 is 32.6 Å². The first-order valence-corrected chi connectivity index (χ1v) is 26.5. The molecule has 4 unspecified atom stereocenters. The summed E-state index contributed by atoms with van der Waals surface area (Å²) in [6.45, 7) is 10.1. The monoisotopic (exact) mass is 1010 g/mol. The largest absolute Gasteiger partial charge is 0.494 e. The molecule has 10 rings (SSSR count). The SMILES string of the molecule is COc1cc(C(CC(=O)O)c2ccc(C)c(CN3CC(C)Oc4cc(C5CCCC(C(=O)C[C@@H]6N=C(c7ccc(Cl)cc7)c7c(sc(C)c7C)-n7c(C)nnc76)C5)ccc4S3(=O)=O)c2)cc2nnn(C)c12. The number of sulfonamides is 1. The van der Waals surface area contributed by atoms with Crippen LogP contribution in [0, 0.1) is 33.6 Å². The number of aromatic nitrogens is 6. The first-order valence-electron chi connectivity index (χ1n) is 23.9. The minimum atomic E-state index is -4.07. The van der Waals surface area contributed by atoms with Gasteiger partial charge in [0.15, 0.2) is 5.82 Å². The van der Waals surface area contributed by atoms with Crippen LogP contribution in [-0.2, 0) is 33.2 Å². The zero-order chi connectivity index (χ0) is 50.0. The maximum atomic E-state index is 14.7. The Balaban J connectivity index is 0.895. The molecule has 0 spiro atoms. The van der Waals surface area contributed by atoms with Gasteiger partial charge in [0, 0.05) is 52.9 Å². The Hall–Kier alpha value is -6.27. The van der Waals surface area contributed by atoms with Crippen molar-refractivity contribution in [2.75, 3.05) is 13.7 Å². The third-order valence-electron chi connectivity index (χ3n) is 14.5. The summed E-state index contributed by atoms with van der Waals surface area (Å²) in [4.78, 5) is 33.5. The molecule has 0 radical (unpaired) electrons. The van der Waals surface area contributed by atoms with Crippen molar-refractivity contribution in [3.63, 3.8) is 0 Å². The molecular formula is C53H55ClN8O7S2. The van der Waals surface area contributed by atoms with Gasteiger partial charge in [0.2, 0.25) is 10.0 Å². The normalized spacial score (nSPS) is 20.2. The summed E-state index contributed by atoms with van der Waals surface area (Å²) in [5, 5.41) is 29.2. The van der Waals surface area contributed by atoms with Crippen molar-refractivity contribution in [2.45, 2.75) is 109 Å². The molecule has 5 atom stereocenters. The molecule has 368 valence electrons. The summed E-state index contributed by atoms with van der Waals surface area (Å²) in [6.07, 6.45) is 2.51. The van der Waals surface area contributed by atoms with Crippen LogP contribution in [0.25, 0.3) is 16.0 Å². The van der Waals surface area contributed by atoms with Gasteiger partial charge in [0.1, 0.15) is 56.2 Å². The summed E-state index contributed by atoms with van der Waals surface area (Å²) in [5.41, 5.74) is 9.06. The fraction of sp³-hybridized carbons (Fsp3) is 0.377. The third kappa shape index (κ3) is 9.06. The lowest BCUT2D eigenvalue weighted by Gasteiger charge is -2.29. The number of thiophene rings is 1. The Kier molecular flexibility index (Phi) is 13.0. The van der Waals surface area contributed by atoms with Crippen LogP contribution in [0.15, 0.2) is 82.7 Å². The smallest absolute Gasteiger partial charge is 0.304 e. The van der Waals surface area contributed by atoms with E-state index in [9.17, 15) is 23.1 Å². The molecule has 15 nitrogen and oxygen atoms in total. The topological polar surface area (TPSA) is 184 Å². The zero-order valence-corrected chi connectivity index (χ0v) is 43.0. The number of aryl methyl sites for hydroxylation is 4. The van der Waals surface area contributed by atoms with Crippen LogP contribution in [-0.4, -0.2) is 84.8 Å². The Morgan fingerprint density at radius 1 is 0.972 bits per heavy atom. The lowest BCUT2D eigenvalue weighted by Crippen LogP contribution is -2.35. The average molecular weight is 1020 g/mol. The zero-order valence-electron chi connectivity index (χ0n) is 40.6. The minimum Gasteiger partial charge on any atom is -0.494 e. The average Bonchev–Trinajstić information content (AvgIpc) is 3.97. The number of carbonyl (C=O) groups excluding carboxylic acids is 1. The van der Waals surface area contributed by atoms with Gasteiger partial charge in [-0.05, 0) is 130 Å². The van der Waals surface area contributed by atoms with Crippen molar-refractivity contribution in [1.82, 2.24) is 34.1 Å². The van der Waals surface area contributed by atoms with E-state index >= 15 is 0 Å². The predicted molar refractivity (Wildman–Crippen MR) is 272 cm³/mol. The Morgan fingerprint density at radius 2 is 1.76 bits per heavy atom. The minimum absolute atomic E-state index is 0.00788. The van der Waals surface area contributed by atoms with E-state index in [1.165, 1.54) is 9.18 Å². The van der Waals surface area contributed by atoms with E-state index in [-0.39, 0.29) is 48.4 Å². The van der Waals surface area contributed by atoms with Gasteiger partial charge in [-0.2, -0.15) is 4.31 Å². The molecule has 1 N–H and O–H groups in total. The van der Waals surface area contributed by atoms with Gasteiger partial charge < -0.3 is 14.6 Å². The van der Waals surface area contributed by atoms with Crippen molar-refractivity contribution in [3.8, 4) is 16.5 Å². The van der Waals surface area contributed by atoms with Gasteiger partial charge in [-0.1, -0.05) is 59.6 Å². The van der Waals surface area contributed by atoms with E-state index < -0.39 is 34.1 Å². The Morgan fingerprint density at radius 3 is 2.52 bits per heavy atom. The van der Waals surface area contributed by atoms with Crippen LogP contribution in [0.3, 0.4) is 0 Å². The van der Waals surface area contributed by atoms with Crippen LogP contribution in [0.1, 0.15) is 124 Å². The van der Waals surface area contributed by atoms with Gasteiger partial charge in [-0.25, -0.2) is 13.1 Å². The van der Waals surface area contributed by atoms with Crippen LogP contribution >= 0.6 is 22.9 Å². The molecule has 18 heteroatoms. The first kappa shape index (κ1) is 48.4. The molecule has 0 bridgehead atoms. The fourth-order valence-corrected chi connectivity index (χ4v) is 13.6. The van der Waals surface area contributed by atoms with Crippen LogP contribution in [0.2, 0.25) is 5.02 Å². The standard InChI is InChI=1S/C53H55ClN8O7S2/c1-28-11-12-36(41(24-48(64)65)38-21-42-51(46(23-38)68-7)60(6)59-57-42)20-39(28)27-61-26-29(2)69-45-22-35(15-18-47(45)71(61,66)67)34-9-8-10-37(19-34)44(63)25-43-52-58-56-32(5)62(52)53-49(30(3)31(4)70-53)50(55-43)33-13-16-40(54)17-14-33/h11-18,20-23,29,34,37,41,43H,8-10,19,24-27H2,1-7H3,(H,64,65)/t29?,34?,37?,41?,43-/m0/s1. The molecule has 1 aliphatic carbocycles. The number of fused-ring (bicyclic) bond motifs is 5. The predicted octanol–water partition coefficient (Wildman–Crippen LogP) is 9.91. The molecule has 2 aliphatic heterocycles. The summed E-state index contributed by atoms with van der Waals surface area (Å²) in [6, 6.07) is 21.8. The van der Waals surface area contributed by atoms with E-state index in [2.05, 4.69) is 38.9 Å². The van der Waals surface area contributed by atoms with Crippen molar-refractivity contribution in [2.24, 2.45) is 18.0 Å². The first-order chi connectivity index (χ1) is 34.0. The second-order valence-corrected chi connectivity index (χ2v) is 22.8. The number of benzene rings is 4. The number of hydrogen-bond acceptors (Lipinski definition) is 12. The van der Waals surface area contributed by atoms with E-state index in [1.54, 1.807) is 36.2 Å². The van der Waals surface area contributed by atoms with Gasteiger partial charge >= 0.3 is 5.97 Å². The highest BCUT2D eigenvalue weighted by molar-refractivity contribution is 7.89. The fourth-order valence-electron chi connectivity index (χ4n) is 10.7. The number of aliphatic carboxylic acids is 1. The Labute approximate surface area is 421 Å². The van der Waals surface area contributed by atoms with Crippen LogP contribution in [0.4, 0.5) is 0 Å². The molecule has 0 amide bonds. The summed E-state index contributed by atoms with van der Waals surface area (Å²) < 4.78 is 46.6. The highest BCUT2D eigenvalue weighted by Crippen LogP contribution is 2.44. The third-order valence-corrected chi connectivity index (χ3v) is 17.8. The lowest BCUT2D eigenvalue weighted by atomic mass is 9.75. The van der Waals surface area contributed by atoms with Crippen molar-refractivity contribution in [3.05, 3.63) is 139 Å². The Bertz CT molecular complexity index is 3400. The summed E-state index contributed by atoms with van der Waals surface area (Å²) in [5.74, 6) is 0.507. The highest BCUT2D eigenvalue weighted by Gasteiger charge is 2.38. The quantitative estimate of drug-likeness (QED) is 0.123. The number of carboxylic acid groups (broad SMARTS) is 1. The molecule has 71 heavy (non-hydrogen) atoms. The van der Waals surface area contributed by atoms with Crippen molar-refractivity contribution >= 4 is 61.5 Å². The number of methoxy groups -OCH3 is 1. The second kappa shape index (κ2) is 19.1.